The molecule has 4 nitrogen and oxygen atoms in total. The van der Waals surface area contributed by atoms with E-state index >= 15 is 0 Å². The van der Waals surface area contributed by atoms with Crippen molar-refractivity contribution >= 4 is 21.6 Å². The molecule has 0 saturated carbocycles. The Morgan fingerprint density at radius 3 is 2.85 bits per heavy atom. The number of ether oxygens (including phenoxy) is 1. The van der Waals surface area contributed by atoms with Gasteiger partial charge in [-0.2, -0.15) is 0 Å². The van der Waals surface area contributed by atoms with Crippen molar-refractivity contribution in [2.45, 2.75) is 20.0 Å². The molecule has 0 aliphatic rings. The van der Waals surface area contributed by atoms with E-state index in [2.05, 4.69) is 16.9 Å². The minimum atomic E-state index is -0.0994. The second-order valence-electron chi connectivity index (χ2n) is 4.40. The summed E-state index contributed by atoms with van der Waals surface area (Å²) in [4.78, 5) is 21.2. The predicted molar refractivity (Wildman–Crippen MR) is 80.4 cm³/mol. The number of H-pyrrole nitrogens is 1. The Balaban J connectivity index is 1.87. The summed E-state index contributed by atoms with van der Waals surface area (Å²) in [6, 6.07) is 11.4. The summed E-state index contributed by atoms with van der Waals surface area (Å²) < 4.78 is 5.60. The van der Waals surface area contributed by atoms with Gasteiger partial charge in [0.15, 0.2) is 0 Å². The highest BCUT2D eigenvalue weighted by Gasteiger charge is 2.08. The fourth-order valence-electron chi connectivity index (χ4n) is 1.94. The minimum absolute atomic E-state index is 0.0994. The van der Waals surface area contributed by atoms with E-state index in [1.807, 2.05) is 36.4 Å². The number of hydrogen-bond acceptors (Lipinski definition) is 4. The number of aromatic amines is 1. The lowest BCUT2D eigenvalue weighted by atomic mass is 10.3. The lowest BCUT2D eigenvalue weighted by Gasteiger charge is -2.04. The Morgan fingerprint density at radius 1 is 1.30 bits per heavy atom. The maximum Gasteiger partial charge on any atom is 0.259 e. The van der Waals surface area contributed by atoms with Gasteiger partial charge in [-0.3, -0.25) is 4.79 Å². The standard InChI is InChI=1S/C15H14N2O2S/c1-2-11-8-12-14(18)16-13(17-15(12)20-11)9-19-10-6-4-3-5-7-10/h3-8H,2,9H2,1H3,(H,16,17,18). The van der Waals surface area contributed by atoms with Gasteiger partial charge in [-0.15, -0.1) is 11.3 Å². The van der Waals surface area contributed by atoms with E-state index < -0.39 is 0 Å². The predicted octanol–water partition coefficient (Wildman–Crippen LogP) is 3.13. The largest absolute Gasteiger partial charge is 0.486 e. The van der Waals surface area contributed by atoms with Gasteiger partial charge in [0, 0.05) is 4.88 Å². The number of fused-ring (bicyclic) bond motifs is 1. The normalized spacial score (nSPS) is 10.8. The fraction of sp³-hybridized carbons (Fsp3) is 0.200. The first-order valence-corrected chi connectivity index (χ1v) is 7.27. The molecule has 1 N–H and O–H groups in total. The lowest BCUT2D eigenvalue weighted by Crippen LogP contribution is -2.12. The summed E-state index contributed by atoms with van der Waals surface area (Å²) in [5, 5.41) is 0.662. The molecule has 20 heavy (non-hydrogen) atoms. The van der Waals surface area contributed by atoms with Crippen molar-refractivity contribution in [3.05, 3.63) is 57.5 Å². The molecule has 102 valence electrons. The number of rotatable bonds is 4. The molecule has 0 spiro atoms. The van der Waals surface area contributed by atoms with Crippen LogP contribution in [0.2, 0.25) is 0 Å². The fourth-order valence-corrected chi connectivity index (χ4v) is 2.92. The molecule has 5 heteroatoms. The summed E-state index contributed by atoms with van der Waals surface area (Å²) in [5.74, 6) is 1.31. The molecule has 0 bridgehead atoms. The third kappa shape index (κ3) is 2.58. The SMILES string of the molecule is CCc1cc2c(=O)[nH]c(COc3ccccc3)nc2s1. The van der Waals surface area contributed by atoms with Gasteiger partial charge in [0.25, 0.3) is 5.56 Å². The smallest absolute Gasteiger partial charge is 0.259 e. The van der Waals surface area contributed by atoms with E-state index in [0.29, 0.717) is 11.2 Å². The van der Waals surface area contributed by atoms with Crippen LogP contribution in [0.25, 0.3) is 10.2 Å². The van der Waals surface area contributed by atoms with Crippen molar-refractivity contribution in [3.8, 4) is 5.75 Å². The number of para-hydroxylation sites is 1. The molecule has 0 saturated heterocycles. The number of benzene rings is 1. The van der Waals surface area contributed by atoms with Crippen molar-refractivity contribution in [3.63, 3.8) is 0 Å². The molecule has 2 heterocycles. The van der Waals surface area contributed by atoms with Gasteiger partial charge in [0.2, 0.25) is 0 Å². The highest BCUT2D eigenvalue weighted by molar-refractivity contribution is 7.18. The number of nitrogens with zero attached hydrogens (tertiary/aromatic N) is 1. The van der Waals surface area contributed by atoms with E-state index in [9.17, 15) is 4.79 Å². The molecule has 0 radical (unpaired) electrons. The molecule has 0 fully saturated rings. The van der Waals surface area contributed by atoms with Crippen LogP contribution >= 0.6 is 11.3 Å². The van der Waals surface area contributed by atoms with Crippen LogP contribution in [0.5, 0.6) is 5.75 Å². The van der Waals surface area contributed by atoms with Crippen LogP contribution in [0.3, 0.4) is 0 Å². The van der Waals surface area contributed by atoms with Crippen LogP contribution in [-0.4, -0.2) is 9.97 Å². The lowest BCUT2D eigenvalue weighted by molar-refractivity contribution is 0.296. The number of hydrogen-bond donors (Lipinski definition) is 1. The second-order valence-corrected chi connectivity index (χ2v) is 5.51. The minimum Gasteiger partial charge on any atom is -0.486 e. The molecule has 0 aliphatic carbocycles. The molecular weight excluding hydrogens is 272 g/mol. The highest BCUT2D eigenvalue weighted by atomic mass is 32.1. The summed E-state index contributed by atoms with van der Waals surface area (Å²) >= 11 is 1.56. The number of aromatic nitrogens is 2. The topological polar surface area (TPSA) is 55.0 Å². The van der Waals surface area contributed by atoms with E-state index in [0.717, 1.165) is 17.0 Å². The Hall–Kier alpha value is -2.14. The number of nitrogens with one attached hydrogen (secondary N) is 1. The average molecular weight is 286 g/mol. The van der Waals surface area contributed by atoms with E-state index in [1.54, 1.807) is 11.3 Å². The molecule has 3 rings (SSSR count). The van der Waals surface area contributed by atoms with Crippen molar-refractivity contribution in [1.82, 2.24) is 9.97 Å². The molecule has 2 aromatic heterocycles. The van der Waals surface area contributed by atoms with Gasteiger partial charge in [-0.1, -0.05) is 25.1 Å². The molecule has 3 aromatic rings. The third-order valence-corrected chi connectivity index (χ3v) is 4.14. The monoisotopic (exact) mass is 286 g/mol. The van der Waals surface area contributed by atoms with E-state index in [1.165, 1.54) is 4.88 Å². The molecule has 1 aromatic carbocycles. The Kier molecular flexibility index (Phi) is 3.52. The molecule has 0 unspecified atom stereocenters. The second kappa shape index (κ2) is 5.46. The van der Waals surface area contributed by atoms with Gasteiger partial charge in [-0.25, -0.2) is 4.98 Å². The van der Waals surface area contributed by atoms with Crippen LogP contribution in [-0.2, 0) is 13.0 Å². The quantitative estimate of drug-likeness (QED) is 0.801. The Morgan fingerprint density at radius 2 is 2.10 bits per heavy atom. The van der Waals surface area contributed by atoms with Gasteiger partial charge < -0.3 is 9.72 Å². The summed E-state index contributed by atoms with van der Waals surface area (Å²) in [6.45, 7) is 2.33. The zero-order chi connectivity index (χ0) is 13.9. The van der Waals surface area contributed by atoms with Gasteiger partial charge in [0.05, 0.1) is 5.39 Å². The summed E-state index contributed by atoms with van der Waals surface area (Å²) in [5.41, 5.74) is -0.0994. The van der Waals surface area contributed by atoms with Crippen LogP contribution < -0.4 is 10.3 Å². The van der Waals surface area contributed by atoms with Gasteiger partial charge >= 0.3 is 0 Å². The number of aryl methyl sites for hydroxylation is 1. The van der Waals surface area contributed by atoms with Crippen molar-refractivity contribution in [1.29, 1.82) is 0 Å². The molecule has 0 amide bonds. The highest BCUT2D eigenvalue weighted by Crippen LogP contribution is 2.21. The zero-order valence-corrected chi connectivity index (χ0v) is 11.9. The van der Waals surface area contributed by atoms with Crippen molar-refractivity contribution in [2.75, 3.05) is 0 Å². The first-order chi connectivity index (χ1) is 9.76. The first kappa shape index (κ1) is 12.9. The van der Waals surface area contributed by atoms with Gasteiger partial charge in [-0.05, 0) is 24.6 Å². The van der Waals surface area contributed by atoms with E-state index in [4.69, 9.17) is 4.74 Å². The molecular formula is C15H14N2O2S. The molecule has 0 atom stereocenters. The summed E-state index contributed by atoms with van der Waals surface area (Å²) in [6.07, 6.45) is 0.913. The first-order valence-electron chi connectivity index (χ1n) is 6.45. The third-order valence-electron chi connectivity index (χ3n) is 2.97. The Labute approximate surface area is 120 Å². The average Bonchev–Trinajstić information content (AvgIpc) is 2.90. The van der Waals surface area contributed by atoms with Crippen LogP contribution in [0.1, 0.15) is 17.6 Å². The number of thiophene rings is 1. The zero-order valence-electron chi connectivity index (χ0n) is 11.1. The van der Waals surface area contributed by atoms with Crippen LogP contribution in [0.4, 0.5) is 0 Å². The van der Waals surface area contributed by atoms with Crippen LogP contribution in [0, 0.1) is 0 Å². The molecule has 0 aliphatic heterocycles. The van der Waals surface area contributed by atoms with E-state index in [-0.39, 0.29) is 12.2 Å². The summed E-state index contributed by atoms with van der Waals surface area (Å²) in [7, 11) is 0. The van der Waals surface area contributed by atoms with Gasteiger partial charge in [0.1, 0.15) is 23.0 Å². The Bertz CT molecular complexity index is 777. The van der Waals surface area contributed by atoms with Crippen LogP contribution in [0.15, 0.2) is 41.2 Å². The maximum absolute atomic E-state index is 12.0. The van der Waals surface area contributed by atoms with Crippen molar-refractivity contribution < 1.29 is 4.74 Å². The van der Waals surface area contributed by atoms with Crippen molar-refractivity contribution in [2.24, 2.45) is 0 Å². The maximum atomic E-state index is 12.0.